The van der Waals surface area contributed by atoms with Gasteiger partial charge < -0.3 is 10.6 Å². The Hall–Kier alpha value is -0.120. The maximum Gasteiger partial charge on any atom is 0.0358 e. The summed E-state index contributed by atoms with van der Waals surface area (Å²) in [5.74, 6) is 0.826. The molecule has 3 heteroatoms. The van der Waals surface area contributed by atoms with Crippen LogP contribution in [0, 0.1) is 5.92 Å². The van der Waals surface area contributed by atoms with Crippen molar-refractivity contribution in [2.75, 3.05) is 33.2 Å². The largest absolute Gasteiger partial charge is 0.329 e. The second kappa shape index (κ2) is 5.25. The van der Waals surface area contributed by atoms with Gasteiger partial charge in [0.25, 0.3) is 0 Å². The molecule has 0 amide bonds. The lowest BCUT2D eigenvalue weighted by Crippen LogP contribution is -2.63. The van der Waals surface area contributed by atoms with E-state index in [1.807, 2.05) is 0 Å². The Morgan fingerprint density at radius 3 is 2.41 bits per heavy atom. The van der Waals surface area contributed by atoms with E-state index in [-0.39, 0.29) is 0 Å². The molecule has 2 aliphatic heterocycles. The third kappa shape index (κ3) is 2.51. The summed E-state index contributed by atoms with van der Waals surface area (Å²) in [6.45, 7) is 9.30. The number of nitrogens with two attached hydrogens (primary N) is 1. The van der Waals surface area contributed by atoms with E-state index in [0.29, 0.717) is 11.6 Å². The van der Waals surface area contributed by atoms with Crippen LogP contribution in [0.15, 0.2) is 0 Å². The van der Waals surface area contributed by atoms with Crippen LogP contribution in [0.4, 0.5) is 0 Å². The van der Waals surface area contributed by atoms with Crippen LogP contribution in [0.1, 0.15) is 39.5 Å². The summed E-state index contributed by atoms with van der Waals surface area (Å²) >= 11 is 0. The minimum atomic E-state index is 0.292. The molecule has 0 saturated carbocycles. The van der Waals surface area contributed by atoms with Gasteiger partial charge in [0.2, 0.25) is 0 Å². The van der Waals surface area contributed by atoms with Crippen molar-refractivity contribution in [2.24, 2.45) is 11.7 Å². The van der Waals surface area contributed by atoms with Gasteiger partial charge in [0.1, 0.15) is 0 Å². The predicted molar refractivity (Wildman–Crippen MR) is 73.1 cm³/mol. The van der Waals surface area contributed by atoms with Crippen LogP contribution in [-0.4, -0.2) is 54.6 Å². The van der Waals surface area contributed by atoms with Crippen molar-refractivity contribution < 1.29 is 0 Å². The smallest absolute Gasteiger partial charge is 0.0358 e. The van der Waals surface area contributed by atoms with Crippen molar-refractivity contribution in [3.63, 3.8) is 0 Å². The summed E-state index contributed by atoms with van der Waals surface area (Å²) in [5.41, 5.74) is 6.45. The molecule has 0 aromatic heterocycles. The number of nitrogens with zero attached hydrogens (tertiary/aromatic N) is 2. The van der Waals surface area contributed by atoms with Crippen LogP contribution in [0.2, 0.25) is 0 Å². The average Bonchev–Trinajstić information content (AvgIpc) is 2.35. The quantitative estimate of drug-likeness (QED) is 0.793. The molecule has 0 spiro atoms. The number of piperidine rings is 2. The van der Waals surface area contributed by atoms with Crippen molar-refractivity contribution in [1.82, 2.24) is 9.80 Å². The first-order valence-electron chi connectivity index (χ1n) is 7.24. The average molecular weight is 239 g/mol. The molecule has 100 valence electrons. The summed E-state index contributed by atoms with van der Waals surface area (Å²) in [4.78, 5) is 5.18. The molecular formula is C14H29N3. The van der Waals surface area contributed by atoms with E-state index in [4.69, 9.17) is 5.73 Å². The minimum Gasteiger partial charge on any atom is -0.329 e. The molecule has 2 fully saturated rings. The second-order valence-corrected chi connectivity index (χ2v) is 6.29. The molecule has 0 aromatic rings. The number of hydrogen-bond donors (Lipinski definition) is 1. The second-order valence-electron chi connectivity index (χ2n) is 6.29. The lowest BCUT2D eigenvalue weighted by molar-refractivity contribution is -0.0289. The fraction of sp³-hybridized carbons (Fsp3) is 1.00. The maximum absolute atomic E-state index is 6.16. The van der Waals surface area contributed by atoms with E-state index in [1.165, 1.54) is 45.3 Å². The third-order valence-corrected chi connectivity index (χ3v) is 5.28. The number of likely N-dealkylation sites (tertiary alicyclic amines) is 2. The van der Waals surface area contributed by atoms with E-state index in [2.05, 4.69) is 30.7 Å². The Kier molecular flexibility index (Phi) is 4.11. The van der Waals surface area contributed by atoms with Gasteiger partial charge in [0.15, 0.2) is 0 Å². The highest BCUT2D eigenvalue weighted by molar-refractivity contribution is 4.99. The van der Waals surface area contributed by atoms with Gasteiger partial charge in [-0.3, -0.25) is 4.90 Å². The predicted octanol–water partition coefficient (Wildman–Crippen LogP) is 1.53. The fourth-order valence-electron chi connectivity index (χ4n) is 3.65. The Bertz CT molecular complexity index is 246. The Labute approximate surface area is 106 Å². The molecule has 2 rings (SSSR count). The Morgan fingerprint density at radius 1 is 1.18 bits per heavy atom. The van der Waals surface area contributed by atoms with Crippen LogP contribution in [0.3, 0.4) is 0 Å². The SMILES string of the molecule is CC1CCCN(C2(CN)CCN(C)CC2)C1C. The number of hydrogen-bond acceptors (Lipinski definition) is 3. The highest BCUT2D eigenvalue weighted by atomic mass is 15.3. The fourth-order valence-corrected chi connectivity index (χ4v) is 3.65. The Morgan fingerprint density at radius 2 is 1.82 bits per heavy atom. The van der Waals surface area contributed by atoms with Gasteiger partial charge in [-0.2, -0.15) is 0 Å². The molecule has 2 unspecified atom stereocenters. The topological polar surface area (TPSA) is 32.5 Å². The van der Waals surface area contributed by atoms with Crippen LogP contribution < -0.4 is 5.73 Å². The molecule has 2 saturated heterocycles. The van der Waals surface area contributed by atoms with Gasteiger partial charge in [0.05, 0.1) is 0 Å². The minimum absolute atomic E-state index is 0.292. The molecule has 2 heterocycles. The molecule has 0 aliphatic carbocycles. The normalized spacial score (nSPS) is 36.0. The van der Waals surface area contributed by atoms with E-state index in [1.54, 1.807) is 0 Å². The van der Waals surface area contributed by atoms with Crippen LogP contribution in [0.5, 0.6) is 0 Å². The zero-order chi connectivity index (χ0) is 12.5. The third-order valence-electron chi connectivity index (χ3n) is 5.28. The zero-order valence-corrected chi connectivity index (χ0v) is 11.8. The summed E-state index contributed by atoms with van der Waals surface area (Å²) in [6, 6.07) is 0.704. The van der Waals surface area contributed by atoms with Gasteiger partial charge in [-0.25, -0.2) is 0 Å². The summed E-state index contributed by atoms with van der Waals surface area (Å²) in [7, 11) is 2.22. The van der Waals surface area contributed by atoms with Crippen molar-refractivity contribution in [1.29, 1.82) is 0 Å². The monoisotopic (exact) mass is 239 g/mol. The molecular weight excluding hydrogens is 210 g/mol. The lowest BCUT2D eigenvalue weighted by Gasteiger charge is -2.53. The van der Waals surface area contributed by atoms with Gasteiger partial charge in [0, 0.05) is 18.1 Å². The maximum atomic E-state index is 6.16. The summed E-state index contributed by atoms with van der Waals surface area (Å²) in [5, 5.41) is 0. The summed E-state index contributed by atoms with van der Waals surface area (Å²) < 4.78 is 0. The number of rotatable bonds is 2. The first-order chi connectivity index (χ1) is 8.09. The van der Waals surface area contributed by atoms with Gasteiger partial charge in [-0.15, -0.1) is 0 Å². The standard InChI is InChI=1S/C14H29N3/c1-12-5-4-8-17(13(12)2)14(11-15)6-9-16(3)10-7-14/h12-13H,4-11,15H2,1-3H3. The van der Waals surface area contributed by atoms with Gasteiger partial charge in [-0.1, -0.05) is 6.92 Å². The molecule has 2 atom stereocenters. The zero-order valence-electron chi connectivity index (χ0n) is 11.8. The van der Waals surface area contributed by atoms with E-state index in [9.17, 15) is 0 Å². The molecule has 3 nitrogen and oxygen atoms in total. The summed E-state index contributed by atoms with van der Waals surface area (Å²) in [6.07, 6.45) is 5.23. The van der Waals surface area contributed by atoms with Crippen LogP contribution in [-0.2, 0) is 0 Å². The molecule has 2 N–H and O–H groups in total. The van der Waals surface area contributed by atoms with Crippen molar-refractivity contribution in [3.8, 4) is 0 Å². The molecule has 2 aliphatic rings. The molecule has 0 aromatic carbocycles. The Balaban J connectivity index is 2.11. The first kappa shape index (κ1) is 13.3. The van der Waals surface area contributed by atoms with Crippen LogP contribution in [0.25, 0.3) is 0 Å². The van der Waals surface area contributed by atoms with Gasteiger partial charge in [-0.05, 0) is 65.2 Å². The van der Waals surface area contributed by atoms with Crippen molar-refractivity contribution in [3.05, 3.63) is 0 Å². The highest BCUT2D eigenvalue weighted by Gasteiger charge is 2.42. The first-order valence-corrected chi connectivity index (χ1v) is 7.24. The molecule has 17 heavy (non-hydrogen) atoms. The highest BCUT2D eigenvalue weighted by Crippen LogP contribution is 2.35. The van der Waals surface area contributed by atoms with Crippen molar-refractivity contribution in [2.45, 2.75) is 51.1 Å². The van der Waals surface area contributed by atoms with Gasteiger partial charge >= 0.3 is 0 Å². The van der Waals surface area contributed by atoms with Crippen LogP contribution >= 0.6 is 0 Å². The lowest BCUT2D eigenvalue weighted by atomic mass is 9.80. The van der Waals surface area contributed by atoms with Crippen molar-refractivity contribution >= 4 is 0 Å². The van der Waals surface area contributed by atoms with E-state index < -0.39 is 0 Å². The molecule has 0 radical (unpaired) electrons. The van der Waals surface area contributed by atoms with E-state index >= 15 is 0 Å². The van der Waals surface area contributed by atoms with E-state index in [0.717, 1.165) is 12.5 Å². The molecule has 0 bridgehead atoms.